The van der Waals surface area contributed by atoms with E-state index in [9.17, 15) is 13.2 Å². The summed E-state index contributed by atoms with van der Waals surface area (Å²) in [5, 5.41) is 14.9. The fourth-order valence-electron chi connectivity index (χ4n) is 2.21. The Morgan fingerprint density at radius 1 is 1.00 bits per heavy atom. The van der Waals surface area contributed by atoms with Crippen LogP contribution in [0.5, 0.6) is 0 Å². The molecule has 27 heavy (non-hydrogen) atoms. The maximum absolute atomic E-state index is 13.3. The summed E-state index contributed by atoms with van der Waals surface area (Å²) in [6.45, 7) is 0. The fourth-order valence-corrected chi connectivity index (χ4v) is 2.34. The van der Waals surface area contributed by atoms with E-state index in [0.717, 1.165) is 0 Å². The van der Waals surface area contributed by atoms with E-state index in [4.69, 9.17) is 16.9 Å². The molecule has 9 heteroatoms. The van der Waals surface area contributed by atoms with Crippen LogP contribution in [0, 0.1) is 11.3 Å². The first-order valence-electron chi connectivity index (χ1n) is 7.59. The van der Waals surface area contributed by atoms with Gasteiger partial charge in [0.2, 0.25) is 5.95 Å². The Labute approximate surface area is 157 Å². The average Bonchev–Trinajstić information content (AvgIpc) is 2.63. The van der Waals surface area contributed by atoms with Gasteiger partial charge in [-0.05, 0) is 42.5 Å². The van der Waals surface area contributed by atoms with Gasteiger partial charge in [0.05, 0.1) is 11.6 Å². The predicted molar refractivity (Wildman–Crippen MR) is 96.2 cm³/mol. The number of rotatable bonds is 4. The number of nitriles is 1. The molecule has 0 bridgehead atoms. The van der Waals surface area contributed by atoms with Crippen molar-refractivity contribution in [2.24, 2.45) is 0 Å². The number of nitrogens with one attached hydrogen (secondary N) is 2. The number of benzene rings is 2. The van der Waals surface area contributed by atoms with E-state index in [1.807, 2.05) is 6.07 Å². The molecule has 3 rings (SSSR count). The minimum Gasteiger partial charge on any atom is -0.340 e. The van der Waals surface area contributed by atoms with Gasteiger partial charge < -0.3 is 10.6 Å². The summed E-state index contributed by atoms with van der Waals surface area (Å²) < 4.78 is 39.9. The second-order valence-electron chi connectivity index (χ2n) is 5.40. The van der Waals surface area contributed by atoms with Gasteiger partial charge in [0, 0.05) is 22.6 Å². The zero-order valence-electron chi connectivity index (χ0n) is 13.5. The van der Waals surface area contributed by atoms with Crippen molar-refractivity contribution >= 4 is 34.7 Å². The van der Waals surface area contributed by atoms with Crippen LogP contribution in [0.25, 0.3) is 0 Å². The predicted octanol–water partition coefficient (Wildman–Crippen LogP) is 5.51. The molecule has 0 radical (unpaired) electrons. The largest absolute Gasteiger partial charge is 0.421 e. The van der Waals surface area contributed by atoms with Crippen LogP contribution >= 0.6 is 11.6 Å². The topological polar surface area (TPSA) is 73.6 Å². The third-order valence-electron chi connectivity index (χ3n) is 3.45. The lowest BCUT2D eigenvalue weighted by atomic mass is 10.2. The molecule has 2 aromatic carbocycles. The van der Waals surface area contributed by atoms with Crippen molar-refractivity contribution in [1.29, 1.82) is 5.26 Å². The van der Waals surface area contributed by atoms with Crippen molar-refractivity contribution in [3.8, 4) is 6.07 Å². The summed E-state index contributed by atoms with van der Waals surface area (Å²) in [6.07, 6.45) is -3.95. The molecule has 2 N–H and O–H groups in total. The monoisotopic (exact) mass is 389 g/mol. The van der Waals surface area contributed by atoms with Crippen LogP contribution in [0.3, 0.4) is 0 Å². The zero-order valence-corrected chi connectivity index (χ0v) is 14.3. The molecule has 0 spiro atoms. The Morgan fingerprint density at radius 3 is 2.41 bits per heavy atom. The van der Waals surface area contributed by atoms with Crippen LogP contribution in [-0.2, 0) is 6.18 Å². The third kappa shape index (κ3) is 4.65. The molecule has 1 aromatic heterocycles. The Bertz CT molecular complexity index is 997. The lowest BCUT2D eigenvalue weighted by Crippen LogP contribution is -2.12. The highest BCUT2D eigenvalue weighted by Crippen LogP contribution is 2.35. The van der Waals surface area contributed by atoms with Crippen molar-refractivity contribution in [2.45, 2.75) is 6.18 Å². The number of aromatic nitrogens is 2. The minimum absolute atomic E-state index is 0.0238. The molecule has 5 nitrogen and oxygen atoms in total. The summed E-state index contributed by atoms with van der Waals surface area (Å²) in [5.74, 6) is -0.451. The van der Waals surface area contributed by atoms with Gasteiger partial charge in [0.25, 0.3) is 0 Å². The van der Waals surface area contributed by atoms with Crippen LogP contribution < -0.4 is 10.6 Å². The minimum atomic E-state index is -4.64. The molecular weight excluding hydrogens is 379 g/mol. The number of halogens is 4. The number of nitrogens with zero attached hydrogens (tertiary/aromatic N) is 3. The summed E-state index contributed by atoms with van der Waals surface area (Å²) in [7, 11) is 0. The maximum Gasteiger partial charge on any atom is 0.421 e. The van der Waals surface area contributed by atoms with Crippen LogP contribution in [0.2, 0.25) is 5.02 Å². The molecule has 0 saturated heterocycles. The smallest absolute Gasteiger partial charge is 0.340 e. The standard InChI is InChI=1S/C18H11ClF3N5/c19-12-4-6-13(7-5-12)26-17-24-10-15(18(20,21)22)16(27-17)25-14-3-1-2-11(8-14)9-23/h1-8,10H,(H2,24,25,26,27). The summed E-state index contributed by atoms with van der Waals surface area (Å²) in [6, 6.07) is 14.5. The van der Waals surface area contributed by atoms with Crippen molar-refractivity contribution in [3.63, 3.8) is 0 Å². The molecule has 0 atom stereocenters. The van der Waals surface area contributed by atoms with Gasteiger partial charge in [-0.2, -0.15) is 23.4 Å². The Balaban J connectivity index is 1.95. The average molecular weight is 390 g/mol. The van der Waals surface area contributed by atoms with Crippen molar-refractivity contribution in [2.75, 3.05) is 10.6 Å². The van der Waals surface area contributed by atoms with E-state index >= 15 is 0 Å². The van der Waals surface area contributed by atoms with Crippen LogP contribution in [-0.4, -0.2) is 9.97 Å². The van der Waals surface area contributed by atoms with Gasteiger partial charge in [-0.3, -0.25) is 0 Å². The first-order valence-corrected chi connectivity index (χ1v) is 7.97. The molecule has 0 aliphatic rings. The van der Waals surface area contributed by atoms with Crippen LogP contribution in [0.15, 0.2) is 54.7 Å². The van der Waals surface area contributed by atoms with Gasteiger partial charge in [0.15, 0.2) is 0 Å². The molecule has 3 aromatic rings. The fraction of sp³-hybridized carbons (Fsp3) is 0.0556. The lowest BCUT2D eigenvalue weighted by molar-refractivity contribution is -0.137. The van der Waals surface area contributed by atoms with E-state index in [1.54, 1.807) is 36.4 Å². The molecule has 1 heterocycles. The third-order valence-corrected chi connectivity index (χ3v) is 3.70. The molecule has 0 aliphatic carbocycles. The highest BCUT2D eigenvalue weighted by atomic mass is 35.5. The summed E-state index contributed by atoms with van der Waals surface area (Å²) in [4.78, 5) is 7.67. The van der Waals surface area contributed by atoms with Gasteiger partial charge in [-0.15, -0.1) is 0 Å². The van der Waals surface area contributed by atoms with E-state index in [0.29, 0.717) is 28.2 Å². The van der Waals surface area contributed by atoms with Gasteiger partial charge in [0.1, 0.15) is 11.4 Å². The molecule has 0 saturated carbocycles. The molecular formula is C18H11ClF3N5. The molecule has 0 unspecified atom stereocenters. The Morgan fingerprint density at radius 2 is 1.74 bits per heavy atom. The second kappa shape index (κ2) is 7.51. The Kier molecular flexibility index (Phi) is 5.14. The van der Waals surface area contributed by atoms with Crippen molar-refractivity contribution in [1.82, 2.24) is 9.97 Å². The van der Waals surface area contributed by atoms with Crippen molar-refractivity contribution < 1.29 is 13.2 Å². The molecule has 0 aliphatic heterocycles. The second-order valence-corrected chi connectivity index (χ2v) is 5.84. The number of anilines is 4. The number of hydrogen-bond donors (Lipinski definition) is 2. The van der Waals surface area contributed by atoms with E-state index in [1.165, 1.54) is 12.1 Å². The lowest BCUT2D eigenvalue weighted by Gasteiger charge is -2.15. The molecule has 0 fully saturated rings. The molecule has 0 amide bonds. The Hall–Kier alpha value is -3.31. The normalized spacial score (nSPS) is 10.9. The van der Waals surface area contributed by atoms with Crippen LogP contribution in [0.1, 0.15) is 11.1 Å². The van der Waals surface area contributed by atoms with E-state index in [2.05, 4.69) is 20.6 Å². The van der Waals surface area contributed by atoms with E-state index in [-0.39, 0.29) is 5.95 Å². The molecule has 136 valence electrons. The first-order chi connectivity index (χ1) is 12.8. The summed E-state index contributed by atoms with van der Waals surface area (Å²) in [5.41, 5.74) is 0.154. The highest BCUT2D eigenvalue weighted by molar-refractivity contribution is 6.30. The number of alkyl halides is 3. The first kappa shape index (κ1) is 18.5. The SMILES string of the molecule is N#Cc1cccc(Nc2nc(Nc3ccc(Cl)cc3)ncc2C(F)(F)F)c1. The van der Waals surface area contributed by atoms with Gasteiger partial charge in [-0.25, -0.2) is 4.98 Å². The van der Waals surface area contributed by atoms with Crippen molar-refractivity contribution in [3.05, 3.63) is 70.9 Å². The van der Waals surface area contributed by atoms with Crippen LogP contribution in [0.4, 0.5) is 36.3 Å². The van der Waals surface area contributed by atoms with E-state index < -0.39 is 17.6 Å². The zero-order chi connectivity index (χ0) is 19.4. The highest BCUT2D eigenvalue weighted by Gasteiger charge is 2.35. The quantitative estimate of drug-likeness (QED) is 0.615. The van der Waals surface area contributed by atoms with Gasteiger partial charge in [-0.1, -0.05) is 17.7 Å². The van der Waals surface area contributed by atoms with Gasteiger partial charge >= 0.3 is 6.18 Å². The maximum atomic E-state index is 13.3. The number of hydrogen-bond acceptors (Lipinski definition) is 5. The summed E-state index contributed by atoms with van der Waals surface area (Å²) >= 11 is 5.81.